The number of benzene rings is 1. The molecule has 2 amide bonds. The molecule has 2 N–H and O–H groups in total. The zero-order valence-corrected chi connectivity index (χ0v) is 10.7. The topological polar surface area (TPSA) is 71.1 Å². The van der Waals surface area contributed by atoms with Gasteiger partial charge in [-0.25, -0.2) is 4.98 Å². The first-order valence-corrected chi connectivity index (χ1v) is 5.87. The van der Waals surface area contributed by atoms with Crippen molar-refractivity contribution in [3.63, 3.8) is 0 Å². The van der Waals surface area contributed by atoms with Crippen molar-refractivity contribution in [3.8, 4) is 0 Å². The standard InChI is InChI=1S/C14H12FN3O2/c1-16-13(19)9-5-2-3-6-10(9)18-14(20)11-7-4-8-12(15)17-11/h2-8H,1H3,(H,16,19)(H,18,20). The number of carbonyl (C=O) groups is 2. The van der Waals surface area contributed by atoms with Crippen LogP contribution in [0.3, 0.4) is 0 Å². The number of rotatable bonds is 3. The number of hydrogen-bond acceptors (Lipinski definition) is 3. The minimum atomic E-state index is -0.739. The highest BCUT2D eigenvalue weighted by molar-refractivity contribution is 6.08. The Balaban J connectivity index is 2.26. The summed E-state index contributed by atoms with van der Waals surface area (Å²) in [5, 5.41) is 5.02. The summed E-state index contributed by atoms with van der Waals surface area (Å²) in [6.07, 6.45) is 0. The number of pyridine rings is 1. The van der Waals surface area contributed by atoms with Gasteiger partial charge in [0.25, 0.3) is 11.8 Å². The third-order valence-electron chi connectivity index (χ3n) is 2.59. The average Bonchev–Trinajstić information content (AvgIpc) is 2.47. The Kier molecular flexibility index (Phi) is 4.05. The number of nitrogens with one attached hydrogen (secondary N) is 2. The molecule has 0 aliphatic rings. The van der Waals surface area contributed by atoms with E-state index in [0.717, 1.165) is 6.07 Å². The maximum Gasteiger partial charge on any atom is 0.274 e. The van der Waals surface area contributed by atoms with Crippen molar-refractivity contribution in [2.24, 2.45) is 0 Å². The molecule has 0 spiro atoms. The minimum Gasteiger partial charge on any atom is -0.355 e. The monoisotopic (exact) mass is 273 g/mol. The van der Waals surface area contributed by atoms with Gasteiger partial charge in [-0.2, -0.15) is 4.39 Å². The molecule has 0 bridgehead atoms. The Hall–Kier alpha value is -2.76. The van der Waals surface area contributed by atoms with Crippen LogP contribution in [0.1, 0.15) is 20.8 Å². The Morgan fingerprint density at radius 1 is 1.05 bits per heavy atom. The molecule has 0 unspecified atom stereocenters. The number of halogens is 1. The van der Waals surface area contributed by atoms with Crippen molar-refractivity contribution in [2.75, 3.05) is 12.4 Å². The van der Waals surface area contributed by atoms with Crippen LogP contribution in [0, 0.1) is 5.95 Å². The van der Waals surface area contributed by atoms with Crippen molar-refractivity contribution < 1.29 is 14.0 Å². The van der Waals surface area contributed by atoms with Crippen LogP contribution in [0.25, 0.3) is 0 Å². The van der Waals surface area contributed by atoms with Crippen LogP contribution >= 0.6 is 0 Å². The molecule has 0 saturated carbocycles. The molecule has 0 aliphatic heterocycles. The van der Waals surface area contributed by atoms with E-state index in [4.69, 9.17) is 0 Å². The number of para-hydroxylation sites is 1. The molecule has 1 aromatic carbocycles. The number of amides is 2. The SMILES string of the molecule is CNC(=O)c1ccccc1NC(=O)c1cccc(F)n1. The second kappa shape index (κ2) is 5.92. The predicted molar refractivity (Wildman–Crippen MR) is 72.0 cm³/mol. The molecular weight excluding hydrogens is 261 g/mol. The second-order valence-corrected chi connectivity index (χ2v) is 3.92. The summed E-state index contributed by atoms with van der Waals surface area (Å²) in [7, 11) is 1.50. The van der Waals surface area contributed by atoms with Gasteiger partial charge in [-0.3, -0.25) is 9.59 Å². The third-order valence-corrected chi connectivity index (χ3v) is 2.59. The molecule has 6 heteroatoms. The van der Waals surface area contributed by atoms with Crippen molar-refractivity contribution in [2.45, 2.75) is 0 Å². The summed E-state index contributed by atoms with van der Waals surface area (Å²) >= 11 is 0. The largest absolute Gasteiger partial charge is 0.355 e. The fourth-order valence-electron chi connectivity index (χ4n) is 1.65. The Morgan fingerprint density at radius 2 is 1.80 bits per heavy atom. The lowest BCUT2D eigenvalue weighted by Gasteiger charge is -2.09. The Bertz CT molecular complexity index is 658. The van der Waals surface area contributed by atoms with Crippen LogP contribution in [0.15, 0.2) is 42.5 Å². The van der Waals surface area contributed by atoms with Crippen molar-refractivity contribution in [3.05, 3.63) is 59.7 Å². The maximum absolute atomic E-state index is 13.0. The van der Waals surface area contributed by atoms with Gasteiger partial charge >= 0.3 is 0 Å². The van der Waals surface area contributed by atoms with E-state index in [2.05, 4.69) is 15.6 Å². The normalized spacial score (nSPS) is 9.90. The summed E-state index contributed by atoms with van der Waals surface area (Å²) in [5.41, 5.74) is 0.597. The van der Waals surface area contributed by atoms with Crippen molar-refractivity contribution >= 4 is 17.5 Å². The van der Waals surface area contributed by atoms with Crippen molar-refractivity contribution in [1.82, 2.24) is 10.3 Å². The molecular formula is C14H12FN3O2. The molecule has 0 radical (unpaired) electrons. The highest BCUT2D eigenvalue weighted by Gasteiger charge is 2.13. The van der Waals surface area contributed by atoms with Gasteiger partial charge in [0.2, 0.25) is 5.95 Å². The zero-order valence-electron chi connectivity index (χ0n) is 10.7. The van der Waals surface area contributed by atoms with Crippen LogP contribution in [-0.2, 0) is 0 Å². The number of nitrogens with zero attached hydrogens (tertiary/aromatic N) is 1. The molecule has 5 nitrogen and oxygen atoms in total. The molecule has 0 atom stereocenters. The molecule has 0 fully saturated rings. The maximum atomic E-state index is 13.0. The molecule has 2 aromatic rings. The Morgan fingerprint density at radius 3 is 2.50 bits per heavy atom. The van der Waals surface area contributed by atoms with Crippen molar-refractivity contribution in [1.29, 1.82) is 0 Å². The van der Waals surface area contributed by atoms with Gasteiger partial charge in [-0.05, 0) is 24.3 Å². The molecule has 20 heavy (non-hydrogen) atoms. The smallest absolute Gasteiger partial charge is 0.274 e. The van der Waals surface area contributed by atoms with E-state index in [1.807, 2.05) is 0 Å². The van der Waals surface area contributed by atoms with E-state index in [0.29, 0.717) is 11.3 Å². The van der Waals surface area contributed by atoms with Crippen LogP contribution in [0.4, 0.5) is 10.1 Å². The lowest BCUT2D eigenvalue weighted by molar-refractivity contribution is 0.0964. The zero-order chi connectivity index (χ0) is 14.5. The van der Waals surface area contributed by atoms with Gasteiger partial charge in [0, 0.05) is 7.05 Å². The number of anilines is 1. The van der Waals surface area contributed by atoms with Crippen LogP contribution in [0.5, 0.6) is 0 Å². The number of hydrogen-bond donors (Lipinski definition) is 2. The van der Waals surface area contributed by atoms with Crippen LogP contribution < -0.4 is 10.6 Å². The van der Waals surface area contributed by atoms with Gasteiger partial charge in [-0.1, -0.05) is 18.2 Å². The molecule has 2 rings (SSSR count). The second-order valence-electron chi connectivity index (χ2n) is 3.92. The van der Waals surface area contributed by atoms with Gasteiger partial charge in [-0.15, -0.1) is 0 Å². The van der Waals surface area contributed by atoms with Crippen LogP contribution in [-0.4, -0.2) is 23.8 Å². The van der Waals surface area contributed by atoms with Crippen LogP contribution in [0.2, 0.25) is 0 Å². The van der Waals surface area contributed by atoms with Gasteiger partial charge in [0.05, 0.1) is 11.3 Å². The van der Waals surface area contributed by atoms with Gasteiger partial charge in [0.1, 0.15) is 5.69 Å². The van der Waals surface area contributed by atoms with Gasteiger partial charge < -0.3 is 10.6 Å². The summed E-state index contributed by atoms with van der Waals surface area (Å²) in [6, 6.07) is 10.5. The lowest BCUT2D eigenvalue weighted by Crippen LogP contribution is -2.22. The van der Waals surface area contributed by atoms with E-state index in [-0.39, 0.29) is 11.6 Å². The summed E-state index contributed by atoms with van der Waals surface area (Å²) in [6.45, 7) is 0. The molecule has 0 aliphatic carbocycles. The molecule has 1 aromatic heterocycles. The summed E-state index contributed by atoms with van der Waals surface area (Å²) in [5.74, 6) is -1.65. The number of aromatic nitrogens is 1. The molecule has 1 heterocycles. The minimum absolute atomic E-state index is 0.0586. The first kappa shape index (κ1) is 13.7. The molecule has 102 valence electrons. The van der Waals surface area contributed by atoms with E-state index in [9.17, 15) is 14.0 Å². The van der Waals surface area contributed by atoms with E-state index >= 15 is 0 Å². The summed E-state index contributed by atoms with van der Waals surface area (Å²) < 4.78 is 13.0. The predicted octanol–water partition coefficient (Wildman–Crippen LogP) is 1.83. The average molecular weight is 273 g/mol. The fourth-order valence-corrected chi connectivity index (χ4v) is 1.65. The van der Waals surface area contributed by atoms with E-state index in [1.165, 1.54) is 19.2 Å². The third kappa shape index (κ3) is 2.97. The number of carbonyl (C=O) groups excluding carboxylic acids is 2. The fraction of sp³-hybridized carbons (Fsp3) is 0.0714. The highest BCUT2D eigenvalue weighted by atomic mass is 19.1. The lowest BCUT2D eigenvalue weighted by atomic mass is 10.1. The first-order chi connectivity index (χ1) is 9.61. The summed E-state index contributed by atoms with van der Waals surface area (Å²) in [4.78, 5) is 27.1. The van der Waals surface area contributed by atoms with E-state index in [1.54, 1.807) is 24.3 Å². The first-order valence-electron chi connectivity index (χ1n) is 5.87. The quantitative estimate of drug-likeness (QED) is 0.838. The molecule has 0 saturated heterocycles. The van der Waals surface area contributed by atoms with Gasteiger partial charge in [0.15, 0.2) is 0 Å². The highest BCUT2D eigenvalue weighted by Crippen LogP contribution is 2.15. The Labute approximate surface area is 114 Å². The van der Waals surface area contributed by atoms with E-state index < -0.39 is 11.9 Å².